The fourth-order valence-corrected chi connectivity index (χ4v) is 9.80. The quantitative estimate of drug-likeness (QED) is 0.158. The Morgan fingerprint density at radius 1 is 0.414 bits per heavy atom. The summed E-state index contributed by atoms with van der Waals surface area (Å²) in [7, 11) is 0. The normalized spacial score (nSPS) is 13.4. The van der Waals surface area contributed by atoms with Crippen LogP contribution in [0.4, 0.5) is 17.1 Å². The Labute approximate surface area is 340 Å². The van der Waals surface area contributed by atoms with Crippen molar-refractivity contribution in [3.8, 4) is 27.9 Å². The van der Waals surface area contributed by atoms with Gasteiger partial charge in [0, 0.05) is 33.4 Å². The van der Waals surface area contributed by atoms with Crippen LogP contribution in [0, 0.1) is 0 Å². The summed E-state index contributed by atoms with van der Waals surface area (Å²) >= 11 is 0. The van der Waals surface area contributed by atoms with Gasteiger partial charge in [-0.25, -0.2) is 0 Å². The van der Waals surface area contributed by atoms with Crippen molar-refractivity contribution in [3.63, 3.8) is 0 Å². The van der Waals surface area contributed by atoms with E-state index in [1.807, 2.05) is 0 Å². The van der Waals surface area contributed by atoms with Gasteiger partial charge in [-0.1, -0.05) is 165 Å². The number of fused-ring (bicyclic) bond motifs is 5. The summed E-state index contributed by atoms with van der Waals surface area (Å²) in [4.78, 5) is 2.46. The van der Waals surface area contributed by atoms with E-state index in [0.29, 0.717) is 5.92 Å². The summed E-state index contributed by atoms with van der Waals surface area (Å²) in [6.45, 7) is 0. The molecule has 9 aromatic carbocycles. The molecule has 2 heteroatoms. The molecule has 2 nitrogen and oxygen atoms in total. The Morgan fingerprint density at radius 3 is 1.93 bits per heavy atom. The van der Waals surface area contributed by atoms with Crippen LogP contribution in [0.25, 0.3) is 71.3 Å². The zero-order valence-corrected chi connectivity index (χ0v) is 32.6. The molecule has 0 spiro atoms. The highest BCUT2D eigenvalue weighted by Gasteiger charge is 2.23. The highest BCUT2D eigenvalue weighted by Crippen LogP contribution is 2.46. The number of benzene rings is 9. The molecule has 11 rings (SSSR count). The molecule has 0 unspecified atom stereocenters. The molecule has 1 heterocycles. The largest absolute Gasteiger partial charge is 0.310 e. The summed E-state index contributed by atoms with van der Waals surface area (Å²) in [5.41, 5.74) is 13.5. The van der Waals surface area contributed by atoms with Gasteiger partial charge in [0.15, 0.2) is 0 Å². The Bertz CT molecular complexity index is 3090. The minimum atomic E-state index is 0.600. The maximum atomic E-state index is 2.46. The molecular formula is C56H44N2. The van der Waals surface area contributed by atoms with Crippen LogP contribution in [0.15, 0.2) is 200 Å². The van der Waals surface area contributed by atoms with E-state index in [-0.39, 0.29) is 0 Å². The lowest BCUT2D eigenvalue weighted by molar-refractivity contribution is 0.445. The van der Waals surface area contributed by atoms with Gasteiger partial charge in [0.2, 0.25) is 0 Å². The summed E-state index contributed by atoms with van der Waals surface area (Å²) in [5, 5.41) is 7.72. The van der Waals surface area contributed by atoms with Gasteiger partial charge in [0.1, 0.15) is 0 Å². The van der Waals surface area contributed by atoms with E-state index in [9.17, 15) is 0 Å². The van der Waals surface area contributed by atoms with Gasteiger partial charge >= 0.3 is 0 Å². The molecule has 0 saturated heterocycles. The smallest absolute Gasteiger partial charge is 0.0547 e. The zero-order chi connectivity index (χ0) is 38.4. The highest BCUT2D eigenvalue weighted by atomic mass is 15.1. The summed E-state index contributed by atoms with van der Waals surface area (Å²) in [6, 6.07) is 74.0. The van der Waals surface area contributed by atoms with Crippen LogP contribution in [-0.2, 0) is 0 Å². The molecular weight excluding hydrogens is 701 g/mol. The predicted molar refractivity (Wildman–Crippen MR) is 247 cm³/mol. The topological polar surface area (TPSA) is 8.17 Å². The van der Waals surface area contributed by atoms with Crippen molar-refractivity contribution in [2.75, 3.05) is 4.90 Å². The first-order valence-electron chi connectivity index (χ1n) is 20.9. The molecule has 1 fully saturated rings. The SMILES string of the molecule is c1ccc(-n2c3ccccc3c3ccc(-c4ccc(N(c5ccc6ccccc6c5)c5ccccc5-c5cccc6cccc(C7CCCCC7)c56)cc4)cc32)cc1. The molecule has 0 atom stereocenters. The Hall–Kier alpha value is -6.90. The Morgan fingerprint density at radius 2 is 1.07 bits per heavy atom. The van der Waals surface area contributed by atoms with Crippen molar-refractivity contribution in [2.45, 2.75) is 38.0 Å². The second kappa shape index (κ2) is 14.6. The van der Waals surface area contributed by atoms with Gasteiger partial charge in [-0.05, 0) is 117 Å². The monoisotopic (exact) mass is 744 g/mol. The van der Waals surface area contributed by atoms with Crippen LogP contribution in [0.3, 0.4) is 0 Å². The maximum absolute atomic E-state index is 2.46. The molecule has 0 amide bonds. The standard InChI is InChI=1S/C56H44N2/c1-3-16-41(17-4-1)48-25-13-19-42-20-14-26-52(56(42)48)50-24-10-11-27-53(50)57(47-35-31-39-15-7-8-18-43(39)37-47)46-33-29-40(30-34-46)44-32-36-51-49-23-9-12-28-54(49)58(55(51)38-44)45-21-5-2-6-22-45/h2,5-15,18-38,41H,1,3-4,16-17H2. The molecule has 0 N–H and O–H groups in total. The number of rotatable bonds is 7. The van der Waals surface area contributed by atoms with E-state index in [1.54, 1.807) is 0 Å². The number of hydrogen-bond donors (Lipinski definition) is 0. The summed E-state index contributed by atoms with van der Waals surface area (Å²) < 4.78 is 2.40. The lowest BCUT2D eigenvalue weighted by Crippen LogP contribution is -2.11. The van der Waals surface area contributed by atoms with Gasteiger partial charge < -0.3 is 9.47 Å². The van der Waals surface area contributed by atoms with E-state index in [2.05, 4.69) is 210 Å². The van der Waals surface area contributed by atoms with E-state index in [0.717, 1.165) is 11.4 Å². The van der Waals surface area contributed by atoms with Crippen LogP contribution in [0.2, 0.25) is 0 Å². The van der Waals surface area contributed by atoms with E-state index >= 15 is 0 Å². The average Bonchev–Trinajstić information content (AvgIpc) is 3.63. The van der Waals surface area contributed by atoms with Crippen LogP contribution >= 0.6 is 0 Å². The third kappa shape index (κ3) is 5.96. The summed E-state index contributed by atoms with van der Waals surface area (Å²) in [5.74, 6) is 0.600. The zero-order valence-electron chi connectivity index (χ0n) is 32.6. The number of nitrogens with zero attached hydrogens (tertiary/aromatic N) is 2. The Balaban J connectivity index is 1.07. The summed E-state index contributed by atoms with van der Waals surface area (Å²) in [6.07, 6.45) is 6.52. The molecule has 0 radical (unpaired) electrons. The van der Waals surface area contributed by atoms with Crippen molar-refractivity contribution >= 4 is 60.4 Å². The Kier molecular flexibility index (Phi) is 8.62. The van der Waals surface area contributed by atoms with Crippen LogP contribution in [0.1, 0.15) is 43.6 Å². The average molecular weight is 745 g/mol. The predicted octanol–water partition coefficient (Wildman–Crippen LogP) is 15.9. The third-order valence-corrected chi connectivity index (χ3v) is 12.6. The fourth-order valence-electron chi connectivity index (χ4n) is 9.80. The molecule has 10 aromatic rings. The van der Waals surface area contributed by atoms with Gasteiger partial charge in [-0.15, -0.1) is 0 Å². The van der Waals surface area contributed by atoms with Crippen molar-refractivity contribution in [1.82, 2.24) is 4.57 Å². The number of hydrogen-bond acceptors (Lipinski definition) is 1. The first kappa shape index (κ1) is 34.4. The van der Waals surface area contributed by atoms with Crippen LogP contribution < -0.4 is 4.90 Å². The second-order valence-electron chi connectivity index (χ2n) is 15.9. The first-order chi connectivity index (χ1) is 28.8. The van der Waals surface area contributed by atoms with Gasteiger partial charge in [-0.2, -0.15) is 0 Å². The third-order valence-electron chi connectivity index (χ3n) is 12.6. The lowest BCUT2D eigenvalue weighted by atomic mass is 9.80. The minimum absolute atomic E-state index is 0.600. The lowest BCUT2D eigenvalue weighted by Gasteiger charge is -2.29. The molecule has 1 aliphatic rings. The minimum Gasteiger partial charge on any atom is -0.310 e. The highest BCUT2D eigenvalue weighted by molar-refractivity contribution is 6.10. The van der Waals surface area contributed by atoms with Crippen molar-refractivity contribution in [3.05, 3.63) is 206 Å². The van der Waals surface area contributed by atoms with Crippen LogP contribution in [0.5, 0.6) is 0 Å². The van der Waals surface area contributed by atoms with Crippen molar-refractivity contribution in [1.29, 1.82) is 0 Å². The maximum Gasteiger partial charge on any atom is 0.0547 e. The number of anilines is 3. The molecule has 278 valence electrons. The van der Waals surface area contributed by atoms with E-state index < -0.39 is 0 Å². The molecule has 1 aromatic heterocycles. The van der Waals surface area contributed by atoms with E-state index in [4.69, 9.17) is 0 Å². The van der Waals surface area contributed by atoms with E-state index in [1.165, 1.54) is 115 Å². The van der Waals surface area contributed by atoms with Gasteiger partial charge in [0.05, 0.1) is 16.7 Å². The molecule has 58 heavy (non-hydrogen) atoms. The van der Waals surface area contributed by atoms with Crippen molar-refractivity contribution < 1.29 is 0 Å². The number of aromatic nitrogens is 1. The van der Waals surface area contributed by atoms with Gasteiger partial charge in [-0.3, -0.25) is 0 Å². The second-order valence-corrected chi connectivity index (χ2v) is 15.9. The van der Waals surface area contributed by atoms with Crippen molar-refractivity contribution in [2.24, 2.45) is 0 Å². The molecule has 1 saturated carbocycles. The van der Waals surface area contributed by atoms with Gasteiger partial charge in [0.25, 0.3) is 0 Å². The number of para-hydroxylation sites is 3. The molecule has 0 bridgehead atoms. The fraction of sp³-hybridized carbons (Fsp3) is 0.107. The van der Waals surface area contributed by atoms with Crippen LogP contribution in [-0.4, -0.2) is 4.57 Å². The molecule has 1 aliphatic carbocycles. The first-order valence-corrected chi connectivity index (χ1v) is 20.9. The molecule has 0 aliphatic heterocycles.